The van der Waals surface area contributed by atoms with Crippen molar-refractivity contribution >= 4 is 5.97 Å². The van der Waals surface area contributed by atoms with Crippen molar-refractivity contribution in [3.05, 3.63) is 59.1 Å². The molecule has 0 aliphatic carbocycles. The second-order valence-electron chi connectivity index (χ2n) is 4.54. The molecule has 1 heterocycles. The van der Waals surface area contributed by atoms with Crippen molar-refractivity contribution in [3.63, 3.8) is 0 Å². The number of methoxy groups -OCH3 is 1. The van der Waals surface area contributed by atoms with Crippen LogP contribution >= 0.6 is 0 Å². The molecule has 21 heavy (non-hydrogen) atoms. The maximum atomic E-state index is 13.1. The van der Waals surface area contributed by atoms with Gasteiger partial charge >= 0.3 is 5.97 Å². The average Bonchev–Trinajstić information content (AvgIpc) is 2.97. The second-order valence-corrected chi connectivity index (χ2v) is 4.54. The molecule has 0 saturated carbocycles. The van der Waals surface area contributed by atoms with E-state index in [0.29, 0.717) is 17.9 Å². The van der Waals surface area contributed by atoms with E-state index in [9.17, 15) is 13.6 Å². The normalized spacial score (nSPS) is 12.2. The highest BCUT2D eigenvalue weighted by Crippen LogP contribution is 2.18. The van der Waals surface area contributed by atoms with E-state index in [2.05, 4.69) is 10.1 Å². The minimum absolute atomic E-state index is 0.119. The van der Waals surface area contributed by atoms with Gasteiger partial charge in [0.2, 0.25) is 5.76 Å². The van der Waals surface area contributed by atoms with Crippen LogP contribution in [-0.2, 0) is 11.3 Å². The summed E-state index contributed by atoms with van der Waals surface area (Å²) in [6.07, 6.45) is 0. The lowest BCUT2D eigenvalue weighted by atomic mass is 10.2. The summed E-state index contributed by atoms with van der Waals surface area (Å²) >= 11 is 0. The van der Waals surface area contributed by atoms with Gasteiger partial charge in [0, 0.05) is 6.54 Å². The molecule has 1 aromatic heterocycles. The minimum Gasteiger partial charge on any atom is -0.463 e. The molecular formula is C15H15F2NO3. The number of esters is 1. The number of carbonyl (C=O) groups excluding carboxylic acids is 1. The topological polar surface area (TPSA) is 51.5 Å². The number of furan rings is 1. The van der Waals surface area contributed by atoms with Crippen molar-refractivity contribution in [2.45, 2.75) is 19.5 Å². The third-order valence-electron chi connectivity index (χ3n) is 3.04. The molecule has 0 saturated heterocycles. The fraction of sp³-hybridized carbons (Fsp3) is 0.267. The van der Waals surface area contributed by atoms with Gasteiger partial charge in [-0.15, -0.1) is 0 Å². The van der Waals surface area contributed by atoms with Crippen LogP contribution in [0.1, 0.15) is 34.8 Å². The molecule has 0 fully saturated rings. The summed E-state index contributed by atoms with van der Waals surface area (Å²) in [6, 6.07) is 6.71. The molecule has 0 radical (unpaired) electrons. The fourth-order valence-electron chi connectivity index (χ4n) is 1.82. The summed E-state index contributed by atoms with van der Waals surface area (Å²) in [5.41, 5.74) is 0.612. The van der Waals surface area contributed by atoms with Crippen molar-refractivity contribution in [3.8, 4) is 0 Å². The molecule has 1 unspecified atom stereocenters. The standard InChI is InChI=1S/C15H15F2NO3/c1-9(13-5-6-14(21-13)15(19)20-2)18-8-10-3-4-11(16)12(17)7-10/h3-7,9,18H,8H2,1-2H3. The van der Waals surface area contributed by atoms with Gasteiger partial charge in [-0.3, -0.25) is 0 Å². The maximum absolute atomic E-state index is 13.1. The van der Waals surface area contributed by atoms with E-state index >= 15 is 0 Å². The molecule has 2 aromatic rings. The molecule has 0 amide bonds. The molecular weight excluding hydrogens is 280 g/mol. The van der Waals surface area contributed by atoms with Crippen LogP contribution in [0.25, 0.3) is 0 Å². The van der Waals surface area contributed by atoms with Crippen molar-refractivity contribution in [1.29, 1.82) is 0 Å². The summed E-state index contributed by atoms with van der Waals surface area (Å²) < 4.78 is 35.8. The number of halogens is 2. The number of hydrogen-bond donors (Lipinski definition) is 1. The van der Waals surface area contributed by atoms with Crippen LogP contribution in [0.4, 0.5) is 8.78 Å². The zero-order valence-electron chi connectivity index (χ0n) is 11.7. The Hall–Kier alpha value is -2.21. The van der Waals surface area contributed by atoms with Gasteiger partial charge in [0.15, 0.2) is 11.6 Å². The van der Waals surface area contributed by atoms with Crippen molar-refractivity contribution in [1.82, 2.24) is 5.32 Å². The van der Waals surface area contributed by atoms with Crippen molar-refractivity contribution < 1.29 is 22.7 Å². The van der Waals surface area contributed by atoms with Crippen LogP contribution in [0.15, 0.2) is 34.7 Å². The Kier molecular flexibility index (Phi) is 4.70. The van der Waals surface area contributed by atoms with Crippen LogP contribution in [0, 0.1) is 11.6 Å². The molecule has 6 heteroatoms. The van der Waals surface area contributed by atoms with Gasteiger partial charge in [-0.05, 0) is 36.8 Å². The van der Waals surface area contributed by atoms with Crippen molar-refractivity contribution in [2.24, 2.45) is 0 Å². The molecule has 0 aliphatic rings. The summed E-state index contributed by atoms with van der Waals surface area (Å²) in [4.78, 5) is 11.3. The molecule has 1 atom stereocenters. The Bertz CT molecular complexity index is 640. The predicted molar refractivity (Wildman–Crippen MR) is 71.7 cm³/mol. The fourth-order valence-corrected chi connectivity index (χ4v) is 1.82. The Morgan fingerprint density at radius 1 is 1.29 bits per heavy atom. The van der Waals surface area contributed by atoms with E-state index in [1.54, 1.807) is 6.07 Å². The number of ether oxygens (including phenoxy) is 1. The van der Waals surface area contributed by atoms with Gasteiger partial charge in [-0.25, -0.2) is 13.6 Å². The van der Waals surface area contributed by atoms with E-state index in [-0.39, 0.29) is 11.8 Å². The van der Waals surface area contributed by atoms with E-state index in [0.717, 1.165) is 12.1 Å². The number of hydrogen-bond acceptors (Lipinski definition) is 4. The highest BCUT2D eigenvalue weighted by Gasteiger charge is 2.15. The smallest absolute Gasteiger partial charge is 0.373 e. The minimum atomic E-state index is -0.882. The number of nitrogens with one attached hydrogen (secondary N) is 1. The summed E-state index contributed by atoms with van der Waals surface area (Å²) in [5.74, 6) is -1.63. The van der Waals surface area contributed by atoms with Crippen LogP contribution in [-0.4, -0.2) is 13.1 Å². The first-order valence-electron chi connectivity index (χ1n) is 6.36. The molecule has 112 valence electrons. The Labute approximate surface area is 120 Å². The number of carbonyl (C=O) groups is 1. The third-order valence-corrected chi connectivity index (χ3v) is 3.04. The Morgan fingerprint density at radius 3 is 2.71 bits per heavy atom. The second kappa shape index (κ2) is 6.49. The lowest BCUT2D eigenvalue weighted by molar-refractivity contribution is 0.0562. The quantitative estimate of drug-likeness (QED) is 0.861. The van der Waals surface area contributed by atoms with Gasteiger partial charge in [-0.2, -0.15) is 0 Å². The molecule has 1 aromatic carbocycles. The van der Waals surface area contributed by atoms with E-state index in [4.69, 9.17) is 4.42 Å². The third kappa shape index (κ3) is 3.66. The molecule has 2 rings (SSSR count). The summed E-state index contributed by atoms with van der Waals surface area (Å²) in [6.45, 7) is 2.17. The monoisotopic (exact) mass is 295 g/mol. The Morgan fingerprint density at radius 2 is 2.05 bits per heavy atom. The SMILES string of the molecule is COC(=O)c1ccc(C(C)NCc2ccc(F)c(F)c2)o1. The van der Waals surface area contributed by atoms with Crippen LogP contribution < -0.4 is 5.32 Å². The average molecular weight is 295 g/mol. The Balaban J connectivity index is 1.98. The summed E-state index contributed by atoms with van der Waals surface area (Å²) in [5, 5.41) is 3.10. The van der Waals surface area contributed by atoms with Crippen LogP contribution in [0.2, 0.25) is 0 Å². The highest BCUT2D eigenvalue weighted by atomic mass is 19.2. The molecule has 1 N–H and O–H groups in total. The highest BCUT2D eigenvalue weighted by molar-refractivity contribution is 5.86. The van der Waals surface area contributed by atoms with Crippen LogP contribution in [0.3, 0.4) is 0 Å². The predicted octanol–water partition coefficient (Wildman–Crippen LogP) is 3.20. The molecule has 4 nitrogen and oxygen atoms in total. The lowest BCUT2D eigenvalue weighted by Crippen LogP contribution is -2.17. The van der Waals surface area contributed by atoms with Crippen molar-refractivity contribution in [2.75, 3.05) is 7.11 Å². The first-order valence-corrected chi connectivity index (χ1v) is 6.36. The molecule has 0 spiro atoms. The van der Waals surface area contributed by atoms with Crippen LogP contribution in [0.5, 0.6) is 0 Å². The van der Waals surface area contributed by atoms with Gasteiger partial charge in [0.1, 0.15) is 5.76 Å². The summed E-state index contributed by atoms with van der Waals surface area (Å²) in [7, 11) is 1.27. The van der Waals surface area contributed by atoms with Gasteiger partial charge < -0.3 is 14.5 Å². The zero-order valence-corrected chi connectivity index (χ0v) is 11.7. The van der Waals surface area contributed by atoms with E-state index < -0.39 is 17.6 Å². The molecule has 0 bridgehead atoms. The lowest BCUT2D eigenvalue weighted by Gasteiger charge is -2.11. The molecule has 0 aliphatic heterocycles. The number of benzene rings is 1. The van der Waals surface area contributed by atoms with Gasteiger partial charge in [0.25, 0.3) is 0 Å². The largest absolute Gasteiger partial charge is 0.463 e. The first-order chi connectivity index (χ1) is 10.0. The number of rotatable bonds is 5. The van der Waals surface area contributed by atoms with Gasteiger partial charge in [-0.1, -0.05) is 6.07 Å². The zero-order chi connectivity index (χ0) is 15.4. The first kappa shape index (κ1) is 15.2. The van der Waals surface area contributed by atoms with E-state index in [1.165, 1.54) is 19.2 Å². The van der Waals surface area contributed by atoms with E-state index in [1.807, 2.05) is 6.92 Å². The van der Waals surface area contributed by atoms with Gasteiger partial charge in [0.05, 0.1) is 13.2 Å². The maximum Gasteiger partial charge on any atom is 0.373 e.